The van der Waals surface area contributed by atoms with Crippen molar-refractivity contribution in [2.24, 2.45) is 0 Å². The van der Waals surface area contributed by atoms with Gasteiger partial charge >= 0.3 is 0 Å². The molecule has 1 fully saturated rings. The molecule has 0 bridgehead atoms. The fraction of sp³-hybridized carbons (Fsp3) is 0.533. The highest BCUT2D eigenvalue weighted by Gasteiger charge is 2.21. The summed E-state index contributed by atoms with van der Waals surface area (Å²) in [7, 11) is 2.05. The van der Waals surface area contributed by atoms with E-state index in [2.05, 4.69) is 15.5 Å². The third kappa shape index (κ3) is 3.48. The molecule has 4 nitrogen and oxygen atoms in total. The lowest BCUT2D eigenvalue weighted by molar-refractivity contribution is 0.0913. The highest BCUT2D eigenvalue weighted by molar-refractivity contribution is 5.99. The molecule has 2 rings (SSSR count). The minimum Gasteiger partial charge on any atom is -0.382 e. The number of likely N-dealkylation sites (tertiary alicyclic amines) is 1. The molecule has 1 heterocycles. The lowest BCUT2D eigenvalue weighted by Crippen LogP contribution is -2.46. The van der Waals surface area contributed by atoms with Crippen LogP contribution in [-0.4, -0.2) is 43.5 Å². The van der Waals surface area contributed by atoms with Gasteiger partial charge in [-0.05, 0) is 45.5 Å². The van der Waals surface area contributed by atoms with E-state index in [4.69, 9.17) is 0 Å². The molecule has 110 valence electrons. The zero-order valence-corrected chi connectivity index (χ0v) is 12.1. The van der Waals surface area contributed by atoms with E-state index in [1.807, 2.05) is 14.0 Å². The summed E-state index contributed by atoms with van der Waals surface area (Å²) < 4.78 is 13.8. The topological polar surface area (TPSA) is 44.4 Å². The van der Waals surface area contributed by atoms with Crippen LogP contribution in [0.4, 0.5) is 10.1 Å². The zero-order chi connectivity index (χ0) is 14.5. The second-order valence-corrected chi connectivity index (χ2v) is 5.27. The maximum Gasteiger partial charge on any atom is 0.253 e. The molecule has 1 amide bonds. The molecule has 5 heteroatoms. The molecule has 1 saturated heterocycles. The lowest BCUT2D eigenvalue weighted by atomic mass is 10.1. The summed E-state index contributed by atoms with van der Waals surface area (Å²) in [5, 5.41) is 5.93. The molecule has 0 spiro atoms. The maximum absolute atomic E-state index is 13.8. The number of amides is 1. The summed E-state index contributed by atoms with van der Waals surface area (Å²) in [6.45, 7) is 4.37. The SMILES string of the molecule is CCNc1c(F)cccc1C(=O)NC1CCCN(C)C1. The Labute approximate surface area is 119 Å². The third-order valence-electron chi connectivity index (χ3n) is 3.57. The Kier molecular flexibility index (Phi) is 4.95. The molecule has 1 aliphatic heterocycles. The molecule has 1 unspecified atom stereocenters. The van der Waals surface area contributed by atoms with Crippen molar-refractivity contribution in [3.05, 3.63) is 29.6 Å². The average Bonchev–Trinajstić information content (AvgIpc) is 2.41. The van der Waals surface area contributed by atoms with Crippen molar-refractivity contribution in [1.29, 1.82) is 0 Å². The fourth-order valence-electron chi connectivity index (χ4n) is 2.62. The Morgan fingerprint density at radius 2 is 2.30 bits per heavy atom. The van der Waals surface area contributed by atoms with Gasteiger partial charge in [-0.3, -0.25) is 4.79 Å². The summed E-state index contributed by atoms with van der Waals surface area (Å²) in [5.41, 5.74) is 0.664. The number of benzene rings is 1. The van der Waals surface area contributed by atoms with Crippen LogP contribution in [-0.2, 0) is 0 Å². The van der Waals surface area contributed by atoms with Crippen molar-refractivity contribution < 1.29 is 9.18 Å². The van der Waals surface area contributed by atoms with E-state index in [-0.39, 0.29) is 23.5 Å². The van der Waals surface area contributed by atoms with E-state index in [0.29, 0.717) is 12.1 Å². The Balaban J connectivity index is 2.10. The normalized spacial score (nSPS) is 19.6. The Morgan fingerprint density at radius 3 is 3.00 bits per heavy atom. The van der Waals surface area contributed by atoms with Crippen molar-refractivity contribution in [3.63, 3.8) is 0 Å². The Morgan fingerprint density at radius 1 is 1.50 bits per heavy atom. The van der Waals surface area contributed by atoms with Crippen LogP contribution < -0.4 is 10.6 Å². The van der Waals surface area contributed by atoms with Gasteiger partial charge in [0.15, 0.2) is 0 Å². The fourth-order valence-corrected chi connectivity index (χ4v) is 2.62. The van der Waals surface area contributed by atoms with E-state index >= 15 is 0 Å². The van der Waals surface area contributed by atoms with Gasteiger partial charge in [0.25, 0.3) is 5.91 Å². The predicted molar refractivity (Wildman–Crippen MR) is 78.5 cm³/mol. The standard InChI is InChI=1S/C15H22FN3O/c1-3-17-14-12(7-4-8-13(14)16)15(20)18-11-6-5-9-19(2)10-11/h4,7-8,11,17H,3,5-6,9-10H2,1-2H3,(H,18,20). The van der Waals surface area contributed by atoms with Crippen LogP contribution in [0.1, 0.15) is 30.1 Å². The van der Waals surface area contributed by atoms with Crippen molar-refractivity contribution in [1.82, 2.24) is 10.2 Å². The first-order valence-electron chi connectivity index (χ1n) is 7.13. The first kappa shape index (κ1) is 14.8. The third-order valence-corrected chi connectivity index (χ3v) is 3.57. The van der Waals surface area contributed by atoms with Crippen LogP contribution in [0, 0.1) is 5.82 Å². The highest BCUT2D eigenvalue weighted by Crippen LogP contribution is 2.20. The van der Waals surface area contributed by atoms with Crippen LogP contribution in [0.15, 0.2) is 18.2 Å². The minimum absolute atomic E-state index is 0.138. The molecule has 1 aromatic carbocycles. The van der Waals surface area contributed by atoms with Gasteiger partial charge < -0.3 is 15.5 Å². The summed E-state index contributed by atoms with van der Waals surface area (Å²) in [4.78, 5) is 14.5. The van der Waals surface area contributed by atoms with E-state index in [1.54, 1.807) is 12.1 Å². The quantitative estimate of drug-likeness (QED) is 0.887. The summed E-state index contributed by atoms with van der Waals surface area (Å²) in [6, 6.07) is 4.73. The minimum atomic E-state index is -0.389. The average molecular weight is 279 g/mol. The van der Waals surface area contributed by atoms with Crippen LogP contribution in [0.25, 0.3) is 0 Å². The van der Waals surface area contributed by atoms with E-state index in [9.17, 15) is 9.18 Å². The second kappa shape index (κ2) is 6.70. The molecule has 1 aromatic rings. The molecule has 1 atom stereocenters. The van der Waals surface area contributed by atoms with Gasteiger partial charge in [-0.15, -0.1) is 0 Å². The maximum atomic E-state index is 13.8. The van der Waals surface area contributed by atoms with E-state index in [1.165, 1.54) is 6.07 Å². The first-order valence-corrected chi connectivity index (χ1v) is 7.13. The summed E-state index contributed by atoms with van der Waals surface area (Å²) in [6.07, 6.45) is 2.05. The zero-order valence-electron chi connectivity index (χ0n) is 12.1. The van der Waals surface area contributed by atoms with Crippen molar-refractivity contribution in [3.8, 4) is 0 Å². The number of carbonyl (C=O) groups is 1. The van der Waals surface area contributed by atoms with Crippen LogP contribution in [0.3, 0.4) is 0 Å². The van der Waals surface area contributed by atoms with Gasteiger partial charge in [0, 0.05) is 19.1 Å². The number of piperidine rings is 1. The number of hydrogen-bond acceptors (Lipinski definition) is 3. The number of carbonyl (C=O) groups excluding carboxylic acids is 1. The number of likely N-dealkylation sites (N-methyl/N-ethyl adjacent to an activating group) is 1. The number of anilines is 1. The van der Waals surface area contributed by atoms with Crippen molar-refractivity contribution in [2.45, 2.75) is 25.8 Å². The van der Waals surface area contributed by atoms with Gasteiger partial charge in [0.2, 0.25) is 0 Å². The smallest absolute Gasteiger partial charge is 0.253 e. The van der Waals surface area contributed by atoms with Crippen molar-refractivity contribution in [2.75, 3.05) is 32.0 Å². The molecule has 0 saturated carbocycles. The number of hydrogen-bond donors (Lipinski definition) is 2. The first-order chi connectivity index (χ1) is 9.61. The van der Waals surface area contributed by atoms with Gasteiger partial charge in [-0.1, -0.05) is 6.07 Å². The molecule has 0 aromatic heterocycles. The number of rotatable bonds is 4. The Bertz CT molecular complexity index is 478. The lowest BCUT2D eigenvalue weighted by Gasteiger charge is -2.30. The van der Waals surface area contributed by atoms with Gasteiger partial charge in [0.1, 0.15) is 5.82 Å². The molecule has 1 aliphatic rings. The summed E-state index contributed by atoms with van der Waals surface area (Å²) >= 11 is 0. The highest BCUT2D eigenvalue weighted by atomic mass is 19.1. The molecule has 2 N–H and O–H groups in total. The molecular formula is C15H22FN3O. The van der Waals surface area contributed by atoms with Crippen molar-refractivity contribution >= 4 is 11.6 Å². The molecular weight excluding hydrogens is 257 g/mol. The number of para-hydroxylation sites is 1. The molecule has 20 heavy (non-hydrogen) atoms. The van der Waals surface area contributed by atoms with Crippen LogP contribution >= 0.6 is 0 Å². The van der Waals surface area contributed by atoms with Crippen LogP contribution in [0.5, 0.6) is 0 Å². The monoisotopic (exact) mass is 279 g/mol. The second-order valence-electron chi connectivity index (χ2n) is 5.27. The largest absolute Gasteiger partial charge is 0.382 e. The van der Waals surface area contributed by atoms with E-state index < -0.39 is 0 Å². The number of nitrogens with one attached hydrogen (secondary N) is 2. The predicted octanol–water partition coefficient (Wildman–Crippen LogP) is 2.08. The Hall–Kier alpha value is -1.62. The van der Waals surface area contributed by atoms with Gasteiger partial charge in [0.05, 0.1) is 11.3 Å². The van der Waals surface area contributed by atoms with E-state index in [0.717, 1.165) is 25.9 Å². The van der Waals surface area contributed by atoms with Crippen LogP contribution in [0.2, 0.25) is 0 Å². The molecule has 0 radical (unpaired) electrons. The molecule has 0 aliphatic carbocycles. The number of halogens is 1. The van der Waals surface area contributed by atoms with Gasteiger partial charge in [-0.25, -0.2) is 4.39 Å². The number of nitrogens with zero attached hydrogens (tertiary/aromatic N) is 1. The van der Waals surface area contributed by atoms with Gasteiger partial charge in [-0.2, -0.15) is 0 Å². The summed E-state index contributed by atoms with van der Waals surface area (Å²) in [5.74, 6) is -0.596.